The summed E-state index contributed by atoms with van der Waals surface area (Å²) < 4.78 is 0. The number of hydrogen-bond acceptors (Lipinski definition) is 6. The highest BCUT2D eigenvalue weighted by Gasteiger charge is 2.21. The van der Waals surface area contributed by atoms with E-state index < -0.39 is 0 Å². The van der Waals surface area contributed by atoms with Gasteiger partial charge in [-0.15, -0.1) is 0 Å². The summed E-state index contributed by atoms with van der Waals surface area (Å²) in [7, 11) is 0. The average Bonchev–Trinajstić information content (AvgIpc) is 2.54. The third kappa shape index (κ3) is 2.84. The van der Waals surface area contributed by atoms with Gasteiger partial charge < -0.3 is 9.80 Å². The van der Waals surface area contributed by atoms with Crippen molar-refractivity contribution in [2.75, 3.05) is 36.0 Å². The van der Waals surface area contributed by atoms with Gasteiger partial charge in [-0.2, -0.15) is 5.26 Å². The van der Waals surface area contributed by atoms with Crippen molar-refractivity contribution < 1.29 is 0 Å². The molecule has 1 aliphatic rings. The summed E-state index contributed by atoms with van der Waals surface area (Å²) in [6.07, 6.45) is 1.74. The second kappa shape index (κ2) is 5.98. The molecule has 2 aromatic rings. The highest BCUT2D eigenvalue weighted by Crippen LogP contribution is 2.20. The molecule has 0 aromatic carbocycles. The third-order valence-electron chi connectivity index (χ3n) is 3.76. The first kappa shape index (κ1) is 14.3. The van der Waals surface area contributed by atoms with Crippen LogP contribution >= 0.6 is 0 Å². The van der Waals surface area contributed by atoms with Gasteiger partial charge in [-0.25, -0.2) is 15.0 Å². The fourth-order valence-electron chi connectivity index (χ4n) is 2.74. The molecular formula is C16H18N6. The number of aryl methyl sites for hydroxylation is 2. The number of aromatic nitrogens is 3. The minimum Gasteiger partial charge on any atom is -0.353 e. The minimum atomic E-state index is 0.629. The molecule has 0 aliphatic carbocycles. The molecule has 0 radical (unpaired) electrons. The smallest absolute Gasteiger partial charge is 0.146 e. The summed E-state index contributed by atoms with van der Waals surface area (Å²) in [4.78, 5) is 17.6. The highest BCUT2D eigenvalue weighted by atomic mass is 15.3. The Kier molecular flexibility index (Phi) is 3.88. The largest absolute Gasteiger partial charge is 0.353 e. The second-order valence-corrected chi connectivity index (χ2v) is 5.38. The molecule has 0 N–H and O–H groups in total. The Morgan fingerprint density at radius 2 is 1.82 bits per heavy atom. The normalized spacial score (nSPS) is 14.8. The molecule has 0 saturated carbocycles. The van der Waals surface area contributed by atoms with E-state index in [9.17, 15) is 5.26 Å². The number of hydrogen-bond donors (Lipinski definition) is 0. The zero-order valence-corrected chi connectivity index (χ0v) is 12.8. The zero-order chi connectivity index (χ0) is 15.5. The molecule has 112 valence electrons. The standard InChI is InChI=1S/C16H18N6/c1-12-10-15(20-13(2)19-12)21-6-8-22(9-7-21)16-14(11-17)4-3-5-18-16/h3-5,10H,6-9H2,1-2H3. The van der Waals surface area contributed by atoms with Gasteiger partial charge in [-0.05, 0) is 26.0 Å². The van der Waals surface area contributed by atoms with E-state index in [1.54, 1.807) is 12.3 Å². The molecule has 22 heavy (non-hydrogen) atoms. The second-order valence-electron chi connectivity index (χ2n) is 5.38. The molecule has 1 fully saturated rings. The Morgan fingerprint density at radius 1 is 1.09 bits per heavy atom. The van der Waals surface area contributed by atoms with E-state index in [-0.39, 0.29) is 0 Å². The van der Waals surface area contributed by atoms with Gasteiger partial charge in [0.15, 0.2) is 0 Å². The first-order chi connectivity index (χ1) is 10.7. The predicted molar refractivity (Wildman–Crippen MR) is 84.9 cm³/mol. The van der Waals surface area contributed by atoms with E-state index in [0.717, 1.165) is 49.3 Å². The Balaban J connectivity index is 1.74. The topological polar surface area (TPSA) is 68.9 Å². The van der Waals surface area contributed by atoms with Crippen LogP contribution in [0.4, 0.5) is 11.6 Å². The number of pyridine rings is 1. The van der Waals surface area contributed by atoms with E-state index in [0.29, 0.717) is 5.56 Å². The molecule has 0 unspecified atom stereocenters. The van der Waals surface area contributed by atoms with Gasteiger partial charge in [0, 0.05) is 44.1 Å². The molecule has 3 rings (SSSR count). The van der Waals surface area contributed by atoms with Crippen molar-refractivity contribution in [3.05, 3.63) is 41.5 Å². The fraction of sp³-hybridized carbons (Fsp3) is 0.375. The third-order valence-corrected chi connectivity index (χ3v) is 3.76. The van der Waals surface area contributed by atoms with Crippen LogP contribution in [0.1, 0.15) is 17.1 Å². The number of rotatable bonds is 2. The lowest BCUT2D eigenvalue weighted by Crippen LogP contribution is -2.47. The van der Waals surface area contributed by atoms with Gasteiger partial charge in [0.05, 0.1) is 5.56 Å². The lowest BCUT2D eigenvalue weighted by atomic mass is 10.2. The molecular weight excluding hydrogens is 276 g/mol. The van der Waals surface area contributed by atoms with Crippen LogP contribution in [-0.2, 0) is 0 Å². The quantitative estimate of drug-likeness (QED) is 0.839. The summed E-state index contributed by atoms with van der Waals surface area (Å²) in [5, 5.41) is 9.20. The van der Waals surface area contributed by atoms with Crippen LogP contribution in [0.5, 0.6) is 0 Å². The zero-order valence-electron chi connectivity index (χ0n) is 12.8. The molecule has 1 saturated heterocycles. The summed E-state index contributed by atoms with van der Waals surface area (Å²) in [5.74, 6) is 2.56. The van der Waals surface area contributed by atoms with Crippen molar-refractivity contribution in [3.63, 3.8) is 0 Å². The Bertz CT molecular complexity index is 693. The van der Waals surface area contributed by atoms with Crippen LogP contribution in [0.2, 0.25) is 0 Å². The Morgan fingerprint density at radius 3 is 2.50 bits per heavy atom. The van der Waals surface area contributed by atoms with Crippen molar-refractivity contribution in [3.8, 4) is 6.07 Å². The van der Waals surface area contributed by atoms with Crippen molar-refractivity contribution in [2.24, 2.45) is 0 Å². The molecule has 6 nitrogen and oxygen atoms in total. The SMILES string of the molecule is Cc1cc(N2CCN(c3ncccc3C#N)CC2)nc(C)n1. The number of nitrogens with zero attached hydrogens (tertiary/aromatic N) is 6. The molecule has 2 aromatic heterocycles. The van der Waals surface area contributed by atoms with Gasteiger partial charge in [0.1, 0.15) is 23.5 Å². The molecule has 0 bridgehead atoms. The van der Waals surface area contributed by atoms with Crippen LogP contribution in [0, 0.1) is 25.2 Å². The number of anilines is 2. The maximum absolute atomic E-state index is 9.20. The summed E-state index contributed by atoms with van der Waals surface area (Å²) in [5.41, 5.74) is 1.62. The van der Waals surface area contributed by atoms with E-state index in [1.165, 1.54) is 0 Å². The molecule has 1 aliphatic heterocycles. The van der Waals surface area contributed by atoms with Crippen LogP contribution < -0.4 is 9.80 Å². The van der Waals surface area contributed by atoms with Gasteiger partial charge in [0.2, 0.25) is 0 Å². The minimum absolute atomic E-state index is 0.629. The summed E-state index contributed by atoms with van der Waals surface area (Å²) >= 11 is 0. The van der Waals surface area contributed by atoms with E-state index in [2.05, 4.69) is 30.8 Å². The summed E-state index contributed by atoms with van der Waals surface area (Å²) in [6.45, 7) is 7.28. The molecule has 6 heteroatoms. The van der Waals surface area contributed by atoms with E-state index in [1.807, 2.05) is 26.0 Å². The highest BCUT2D eigenvalue weighted by molar-refractivity contribution is 5.55. The van der Waals surface area contributed by atoms with Gasteiger partial charge in [0.25, 0.3) is 0 Å². The lowest BCUT2D eigenvalue weighted by Gasteiger charge is -2.36. The molecule has 0 spiro atoms. The maximum Gasteiger partial charge on any atom is 0.146 e. The molecule has 0 amide bonds. The van der Waals surface area contributed by atoms with E-state index >= 15 is 0 Å². The van der Waals surface area contributed by atoms with E-state index in [4.69, 9.17) is 0 Å². The fourth-order valence-corrected chi connectivity index (χ4v) is 2.74. The first-order valence-corrected chi connectivity index (χ1v) is 7.34. The van der Waals surface area contributed by atoms with Crippen molar-refractivity contribution >= 4 is 11.6 Å². The first-order valence-electron chi connectivity index (χ1n) is 7.34. The maximum atomic E-state index is 9.20. The number of nitriles is 1. The molecule has 0 atom stereocenters. The van der Waals surface area contributed by atoms with Crippen LogP contribution in [0.3, 0.4) is 0 Å². The van der Waals surface area contributed by atoms with Gasteiger partial charge in [-0.3, -0.25) is 0 Å². The van der Waals surface area contributed by atoms with Gasteiger partial charge in [-0.1, -0.05) is 0 Å². The lowest BCUT2D eigenvalue weighted by molar-refractivity contribution is 0.639. The average molecular weight is 294 g/mol. The van der Waals surface area contributed by atoms with Crippen LogP contribution in [-0.4, -0.2) is 41.1 Å². The van der Waals surface area contributed by atoms with Crippen LogP contribution in [0.15, 0.2) is 24.4 Å². The molecule has 3 heterocycles. The van der Waals surface area contributed by atoms with Crippen molar-refractivity contribution in [1.82, 2.24) is 15.0 Å². The monoisotopic (exact) mass is 294 g/mol. The van der Waals surface area contributed by atoms with Crippen LogP contribution in [0.25, 0.3) is 0 Å². The Hall–Kier alpha value is -2.68. The number of piperazine rings is 1. The predicted octanol–water partition coefficient (Wildman–Crippen LogP) is 1.69. The van der Waals surface area contributed by atoms with Crippen molar-refractivity contribution in [2.45, 2.75) is 13.8 Å². The Labute approximate surface area is 130 Å². The summed E-state index contributed by atoms with van der Waals surface area (Å²) in [6, 6.07) is 7.84. The van der Waals surface area contributed by atoms with Gasteiger partial charge >= 0.3 is 0 Å². The van der Waals surface area contributed by atoms with Crippen molar-refractivity contribution in [1.29, 1.82) is 5.26 Å².